The van der Waals surface area contributed by atoms with Crippen LogP contribution in [0.3, 0.4) is 0 Å². The number of hydrogen-bond donors (Lipinski definition) is 1. The molecule has 1 aromatic heterocycles. The Morgan fingerprint density at radius 2 is 1.50 bits per heavy atom. The zero-order valence-corrected chi connectivity index (χ0v) is 20.9. The van der Waals surface area contributed by atoms with Crippen LogP contribution in [0, 0.1) is 5.82 Å². The molecule has 0 saturated carbocycles. The van der Waals surface area contributed by atoms with Crippen molar-refractivity contribution in [2.45, 2.75) is 6.04 Å². The second-order valence-electron chi connectivity index (χ2n) is 9.16. The normalized spacial score (nSPS) is 15.6. The topological polar surface area (TPSA) is 53.6 Å². The van der Waals surface area contributed by atoms with Crippen LogP contribution in [0.2, 0.25) is 0 Å². The van der Waals surface area contributed by atoms with Gasteiger partial charge in [0.1, 0.15) is 5.82 Å². The molecule has 2 heterocycles. The third kappa shape index (κ3) is 4.85. The molecule has 1 saturated heterocycles. The number of nitrogens with zero attached hydrogens (tertiary/aromatic N) is 3. The summed E-state index contributed by atoms with van der Waals surface area (Å²) in [5.74, 6) is 1.12. The van der Waals surface area contributed by atoms with Crippen molar-refractivity contribution < 1.29 is 13.9 Å². The Balaban J connectivity index is 1.47. The van der Waals surface area contributed by atoms with Crippen LogP contribution < -0.4 is 9.47 Å². The standard InChI is InChI=1S/C29H31FN4O2/c1-33-12-14-34(15-13-33)29(24-18-31-32-19-24)23-8-10-26(30)25(16-23)21-6-4-20(5-7-21)22-9-11-27(35-2)28(17-22)36-3/h4-11,16-19,29H,12-15H2,1-3H3,(H,31,32). The number of H-pyrrole nitrogens is 1. The van der Waals surface area contributed by atoms with Gasteiger partial charge in [0, 0.05) is 43.5 Å². The fraction of sp³-hybridized carbons (Fsp3) is 0.276. The Morgan fingerprint density at radius 3 is 2.17 bits per heavy atom. The van der Waals surface area contributed by atoms with E-state index < -0.39 is 0 Å². The SMILES string of the molecule is COc1ccc(-c2ccc(-c3cc(C(c4cn[nH]c4)N4CCN(C)CC4)ccc3F)cc2)cc1OC. The van der Waals surface area contributed by atoms with E-state index in [2.05, 4.69) is 27.0 Å². The number of ether oxygens (including phenoxy) is 2. The smallest absolute Gasteiger partial charge is 0.161 e. The Labute approximate surface area is 211 Å². The summed E-state index contributed by atoms with van der Waals surface area (Å²) in [4.78, 5) is 4.78. The van der Waals surface area contributed by atoms with Crippen LogP contribution in [0.15, 0.2) is 73.1 Å². The number of benzene rings is 3. The molecule has 7 heteroatoms. The van der Waals surface area contributed by atoms with E-state index in [1.165, 1.54) is 0 Å². The maximum atomic E-state index is 15.1. The minimum atomic E-state index is -0.234. The molecule has 6 nitrogen and oxygen atoms in total. The molecule has 1 aliphatic heterocycles. The van der Waals surface area contributed by atoms with Crippen LogP contribution in [0.25, 0.3) is 22.3 Å². The summed E-state index contributed by atoms with van der Waals surface area (Å²) in [6.07, 6.45) is 3.80. The molecule has 0 aliphatic carbocycles. The van der Waals surface area contributed by atoms with Crippen molar-refractivity contribution in [1.29, 1.82) is 0 Å². The molecular weight excluding hydrogens is 455 g/mol. The molecule has 3 aromatic carbocycles. The summed E-state index contributed by atoms with van der Waals surface area (Å²) in [6.45, 7) is 3.89. The van der Waals surface area contributed by atoms with Crippen molar-refractivity contribution >= 4 is 0 Å². The third-order valence-corrected chi connectivity index (χ3v) is 6.96. The van der Waals surface area contributed by atoms with Gasteiger partial charge in [0.25, 0.3) is 0 Å². The quantitative estimate of drug-likeness (QED) is 0.387. The molecule has 5 rings (SSSR count). The van der Waals surface area contributed by atoms with Crippen molar-refractivity contribution in [3.8, 4) is 33.8 Å². The fourth-order valence-corrected chi connectivity index (χ4v) is 4.90. The van der Waals surface area contributed by atoms with E-state index in [0.717, 1.165) is 54.0 Å². The molecule has 0 bridgehead atoms. The van der Waals surface area contributed by atoms with E-state index >= 15 is 4.39 Å². The molecule has 1 N–H and O–H groups in total. The summed E-state index contributed by atoms with van der Waals surface area (Å²) in [6, 6.07) is 19.3. The highest BCUT2D eigenvalue weighted by Gasteiger charge is 2.27. The van der Waals surface area contributed by atoms with Crippen LogP contribution in [0.5, 0.6) is 11.5 Å². The molecule has 36 heavy (non-hydrogen) atoms. The van der Waals surface area contributed by atoms with Gasteiger partial charge in [0.05, 0.1) is 26.5 Å². The zero-order valence-electron chi connectivity index (χ0n) is 20.9. The van der Waals surface area contributed by atoms with Crippen LogP contribution in [-0.4, -0.2) is 67.4 Å². The maximum Gasteiger partial charge on any atom is 0.161 e. The molecule has 0 radical (unpaired) electrons. The average molecular weight is 487 g/mol. The number of likely N-dealkylation sites (N-methyl/N-ethyl adjacent to an activating group) is 1. The van der Waals surface area contributed by atoms with Crippen LogP contribution in [-0.2, 0) is 0 Å². The molecule has 186 valence electrons. The van der Waals surface area contributed by atoms with E-state index in [9.17, 15) is 0 Å². The summed E-state index contributed by atoms with van der Waals surface area (Å²) >= 11 is 0. The zero-order chi connectivity index (χ0) is 25.1. The Kier molecular flexibility index (Phi) is 7.02. The van der Waals surface area contributed by atoms with Gasteiger partial charge in [-0.25, -0.2) is 4.39 Å². The van der Waals surface area contributed by atoms with Gasteiger partial charge >= 0.3 is 0 Å². The van der Waals surface area contributed by atoms with E-state index in [4.69, 9.17) is 9.47 Å². The fourth-order valence-electron chi connectivity index (χ4n) is 4.90. The van der Waals surface area contributed by atoms with Crippen molar-refractivity contribution in [3.05, 3.63) is 90.0 Å². The minimum Gasteiger partial charge on any atom is -0.493 e. The average Bonchev–Trinajstić information content (AvgIpc) is 3.45. The number of nitrogens with one attached hydrogen (secondary N) is 1. The van der Waals surface area contributed by atoms with Gasteiger partial charge in [-0.2, -0.15) is 5.10 Å². The molecule has 1 fully saturated rings. The third-order valence-electron chi connectivity index (χ3n) is 6.96. The maximum absolute atomic E-state index is 15.1. The molecule has 1 unspecified atom stereocenters. The minimum absolute atomic E-state index is 0.0165. The van der Waals surface area contributed by atoms with E-state index in [1.54, 1.807) is 20.3 Å². The van der Waals surface area contributed by atoms with Gasteiger partial charge in [0.2, 0.25) is 0 Å². The molecule has 1 atom stereocenters. The first kappa shape index (κ1) is 24.0. The Morgan fingerprint density at radius 1 is 0.806 bits per heavy atom. The van der Waals surface area contributed by atoms with Crippen LogP contribution in [0.4, 0.5) is 4.39 Å². The van der Waals surface area contributed by atoms with Crippen molar-refractivity contribution in [1.82, 2.24) is 20.0 Å². The lowest BCUT2D eigenvalue weighted by atomic mass is 9.94. The highest BCUT2D eigenvalue weighted by atomic mass is 19.1. The molecule has 1 aliphatic rings. The first-order valence-electron chi connectivity index (χ1n) is 12.1. The number of aromatic nitrogens is 2. The lowest BCUT2D eigenvalue weighted by Gasteiger charge is -2.38. The number of aromatic amines is 1. The Hall–Kier alpha value is -3.68. The number of halogens is 1. The number of hydrogen-bond acceptors (Lipinski definition) is 5. The number of methoxy groups -OCH3 is 2. The van der Waals surface area contributed by atoms with Crippen molar-refractivity contribution in [2.24, 2.45) is 0 Å². The summed E-state index contributed by atoms with van der Waals surface area (Å²) in [7, 11) is 5.39. The highest BCUT2D eigenvalue weighted by Crippen LogP contribution is 2.35. The number of piperazine rings is 1. The molecule has 4 aromatic rings. The first-order chi connectivity index (χ1) is 17.6. The number of rotatable bonds is 7. The lowest BCUT2D eigenvalue weighted by molar-refractivity contribution is 0.127. The summed E-state index contributed by atoms with van der Waals surface area (Å²) < 4.78 is 25.9. The van der Waals surface area contributed by atoms with Gasteiger partial charge in [-0.3, -0.25) is 10.00 Å². The van der Waals surface area contributed by atoms with Gasteiger partial charge in [0.15, 0.2) is 11.5 Å². The van der Waals surface area contributed by atoms with Gasteiger partial charge < -0.3 is 14.4 Å². The highest BCUT2D eigenvalue weighted by molar-refractivity contribution is 5.72. The predicted octanol–water partition coefficient (Wildman–Crippen LogP) is 5.24. The van der Waals surface area contributed by atoms with E-state index in [-0.39, 0.29) is 11.9 Å². The summed E-state index contributed by atoms with van der Waals surface area (Å²) in [5, 5.41) is 7.13. The van der Waals surface area contributed by atoms with E-state index in [1.807, 2.05) is 67.0 Å². The van der Waals surface area contributed by atoms with Crippen LogP contribution >= 0.6 is 0 Å². The van der Waals surface area contributed by atoms with Gasteiger partial charge in [-0.1, -0.05) is 36.4 Å². The largest absolute Gasteiger partial charge is 0.493 e. The van der Waals surface area contributed by atoms with Gasteiger partial charge in [-0.15, -0.1) is 0 Å². The molecule has 0 amide bonds. The van der Waals surface area contributed by atoms with Gasteiger partial charge in [-0.05, 0) is 53.6 Å². The second kappa shape index (κ2) is 10.5. The monoisotopic (exact) mass is 486 g/mol. The van der Waals surface area contributed by atoms with E-state index in [0.29, 0.717) is 17.1 Å². The van der Waals surface area contributed by atoms with Crippen LogP contribution in [0.1, 0.15) is 17.2 Å². The van der Waals surface area contributed by atoms with Crippen molar-refractivity contribution in [2.75, 3.05) is 47.4 Å². The lowest BCUT2D eigenvalue weighted by Crippen LogP contribution is -2.46. The molecular formula is C29H31FN4O2. The molecule has 0 spiro atoms. The first-order valence-corrected chi connectivity index (χ1v) is 12.1. The Bertz CT molecular complexity index is 1300. The predicted molar refractivity (Wildman–Crippen MR) is 140 cm³/mol. The van der Waals surface area contributed by atoms with Crippen molar-refractivity contribution in [3.63, 3.8) is 0 Å². The summed E-state index contributed by atoms with van der Waals surface area (Å²) in [5.41, 5.74) is 5.59. The second-order valence-corrected chi connectivity index (χ2v) is 9.16.